The molecule has 1 N–H and O–H groups in total. The number of nitrogens with one attached hydrogen (secondary N) is 1. The summed E-state index contributed by atoms with van der Waals surface area (Å²) in [6.45, 7) is 6.59. The molecule has 116 valence electrons. The number of rotatable bonds is 7. The quantitative estimate of drug-likeness (QED) is 0.620. The number of esters is 1. The van der Waals surface area contributed by atoms with Crippen molar-refractivity contribution in [3.63, 3.8) is 0 Å². The molecule has 4 nitrogen and oxygen atoms in total. The van der Waals surface area contributed by atoms with E-state index in [1.807, 2.05) is 32.9 Å². The Bertz CT molecular complexity index is 486. The van der Waals surface area contributed by atoms with Crippen molar-refractivity contribution >= 4 is 11.9 Å². The first-order chi connectivity index (χ1) is 9.95. The maximum Gasteiger partial charge on any atom is 0.305 e. The van der Waals surface area contributed by atoms with Crippen molar-refractivity contribution in [2.45, 2.75) is 46.5 Å². The van der Waals surface area contributed by atoms with Crippen molar-refractivity contribution in [1.29, 1.82) is 0 Å². The first-order valence-electron chi connectivity index (χ1n) is 7.38. The number of carbonyl (C=O) groups is 2. The van der Waals surface area contributed by atoms with Crippen LogP contribution in [0.25, 0.3) is 0 Å². The summed E-state index contributed by atoms with van der Waals surface area (Å²) in [6, 6.07) is 4.05. The second-order valence-corrected chi connectivity index (χ2v) is 5.42. The van der Waals surface area contributed by atoms with Gasteiger partial charge < -0.3 is 10.1 Å². The van der Waals surface area contributed by atoms with Crippen LogP contribution in [-0.2, 0) is 9.53 Å². The van der Waals surface area contributed by atoms with Crippen LogP contribution < -0.4 is 5.32 Å². The Hall–Kier alpha value is -1.84. The molecular formula is C17H25NO3. The predicted octanol–water partition coefficient (Wildman–Crippen LogP) is 3.08. The van der Waals surface area contributed by atoms with Gasteiger partial charge in [-0.15, -0.1) is 0 Å². The van der Waals surface area contributed by atoms with E-state index >= 15 is 0 Å². The molecule has 0 saturated heterocycles. The number of amides is 1. The fourth-order valence-corrected chi connectivity index (χ4v) is 2.50. The summed E-state index contributed by atoms with van der Waals surface area (Å²) in [5, 5.41) is 2.95. The lowest BCUT2D eigenvalue weighted by Gasteiger charge is -2.11. The van der Waals surface area contributed by atoms with Crippen molar-refractivity contribution < 1.29 is 14.3 Å². The summed E-state index contributed by atoms with van der Waals surface area (Å²) in [5.74, 6) is -0.192. The van der Waals surface area contributed by atoms with Gasteiger partial charge in [0.1, 0.15) is 0 Å². The normalized spacial score (nSPS) is 10.3. The third-order valence-electron chi connectivity index (χ3n) is 3.47. The van der Waals surface area contributed by atoms with E-state index in [0.29, 0.717) is 13.0 Å². The molecule has 0 bridgehead atoms. The zero-order chi connectivity index (χ0) is 15.8. The number of unbranched alkanes of at least 4 members (excludes halogenated alkanes) is 2. The molecule has 0 aliphatic carbocycles. The topological polar surface area (TPSA) is 55.4 Å². The van der Waals surface area contributed by atoms with Gasteiger partial charge in [0.25, 0.3) is 5.91 Å². The van der Waals surface area contributed by atoms with E-state index in [2.05, 4.69) is 10.1 Å². The van der Waals surface area contributed by atoms with E-state index in [1.165, 1.54) is 12.7 Å². The maximum absolute atomic E-state index is 12.2. The van der Waals surface area contributed by atoms with Crippen molar-refractivity contribution in [3.05, 3.63) is 34.4 Å². The summed E-state index contributed by atoms with van der Waals surface area (Å²) in [5.41, 5.74) is 3.96. The van der Waals surface area contributed by atoms with E-state index in [1.54, 1.807) is 0 Å². The van der Waals surface area contributed by atoms with Gasteiger partial charge in [-0.2, -0.15) is 0 Å². The molecule has 0 aromatic heterocycles. The zero-order valence-corrected chi connectivity index (χ0v) is 13.4. The van der Waals surface area contributed by atoms with Crippen molar-refractivity contribution in [2.75, 3.05) is 13.7 Å². The minimum Gasteiger partial charge on any atom is -0.469 e. The van der Waals surface area contributed by atoms with E-state index in [-0.39, 0.29) is 11.9 Å². The van der Waals surface area contributed by atoms with Crippen LogP contribution in [0.1, 0.15) is 52.7 Å². The SMILES string of the molecule is COC(=O)CCCCCNC(=O)c1c(C)cc(C)cc1C. The first kappa shape index (κ1) is 17.2. The monoisotopic (exact) mass is 291 g/mol. The second-order valence-electron chi connectivity index (χ2n) is 5.42. The standard InChI is InChI=1S/C17H25NO3/c1-12-10-13(2)16(14(3)11-12)17(20)18-9-7-5-6-8-15(19)21-4/h10-11H,5-9H2,1-4H3,(H,18,20). The van der Waals surface area contributed by atoms with Crippen LogP contribution in [0.4, 0.5) is 0 Å². The highest BCUT2D eigenvalue weighted by Crippen LogP contribution is 2.16. The fourth-order valence-electron chi connectivity index (χ4n) is 2.50. The average Bonchev–Trinajstić information content (AvgIpc) is 2.41. The van der Waals surface area contributed by atoms with Gasteiger partial charge in [0, 0.05) is 18.5 Å². The van der Waals surface area contributed by atoms with Gasteiger partial charge >= 0.3 is 5.97 Å². The van der Waals surface area contributed by atoms with Crippen LogP contribution in [0.5, 0.6) is 0 Å². The highest BCUT2D eigenvalue weighted by molar-refractivity contribution is 5.97. The van der Waals surface area contributed by atoms with E-state index in [4.69, 9.17) is 0 Å². The van der Waals surface area contributed by atoms with Crippen molar-refractivity contribution in [2.24, 2.45) is 0 Å². The van der Waals surface area contributed by atoms with Gasteiger partial charge in [-0.25, -0.2) is 0 Å². The number of aryl methyl sites for hydroxylation is 3. The molecule has 0 atom stereocenters. The predicted molar refractivity (Wildman–Crippen MR) is 83.5 cm³/mol. The number of ether oxygens (including phenoxy) is 1. The van der Waals surface area contributed by atoms with Crippen LogP contribution >= 0.6 is 0 Å². The highest BCUT2D eigenvalue weighted by atomic mass is 16.5. The molecule has 0 saturated carbocycles. The van der Waals surface area contributed by atoms with E-state index < -0.39 is 0 Å². The lowest BCUT2D eigenvalue weighted by Crippen LogP contribution is -2.26. The van der Waals surface area contributed by atoms with Crippen molar-refractivity contribution in [3.8, 4) is 0 Å². The molecule has 21 heavy (non-hydrogen) atoms. The van der Waals surface area contributed by atoms with E-state index in [0.717, 1.165) is 36.0 Å². The minimum absolute atomic E-state index is 0.0158. The molecule has 0 heterocycles. The highest BCUT2D eigenvalue weighted by Gasteiger charge is 2.12. The van der Waals surface area contributed by atoms with Crippen LogP contribution in [0.3, 0.4) is 0 Å². The van der Waals surface area contributed by atoms with Crippen LogP contribution in [-0.4, -0.2) is 25.5 Å². The number of carbonyl (C=O) groups excluding carboxylic acids is 2. The zero-order valence-electron chi connectivity index (χ0n) is 13.4. The lowest BCUT2D eigenvalue weighted by molar-refractivity contribution is -0.140. The van der Waals surface area contributed by atoms with Crippen LogP contribution in [0, 0.1) is 20.8 Å². The van der Waals surface area contributed by atoms with E-state index in [9.17, 15) is 9.59 Å². The van der Waals surface area contributed by atoms with Gasteiger partial charge in [-0.1, -0.05) is 24.1 Å². The maximum atomic E-state index is 12.2. The van der Waals surface area contributed by atoms with Crippen LogP contribution in [0.15, 0.2) is 12.1 Å². The Morgan fingerprint density at radius 3 is 2.24 bits per heavy atom. The minimum atomic E-state index is -0.176. The molecule has 0 fully saturated rings. The van der Waals surface area contributed by atoms with Gasteiger partial charge in [0.2, 0.25) is 0 Å². The molecule has 1 amide bonds. The Morgan fingerprint density at radius 2 is 1.67 bits per heavy atom. The number of hydrogen-bond acceptors (Lipinski definition) is 3. The Balaban J connectivity index is 2.36. The molecule has 1 rings (SSSR count). The van der Waals surface area contributed by atoms with Crippen molar-refractivity contribution in [1.82, 2.24) is 5.32 Å². The average molecular weight is 291 g/mol. The Morgan fingerprint density at radius 1 is 1.05 bits per heavy atom. The molecule has 1 aromatic rings. The molecule has 0 radical (unpaired) electrons. The Labute approximate surface area is 126 Å². The third-order valence-corrected chi connectivity index (χ3v) is 3.47. The second kappa shape index (κ2) is 8.45. The Kier molecular flexibility index (Phi) is 6.92. The number of hydrogen-bond donors (Lipinski definition) is 1. The molecule has 1 aromatic carbocycles. The molecule has 0 aliphatic rings. The fraction of sp³-hybridized carbons (Fsp3) is 0.529. The molecular weight excluding hydrogens is 266 g/mol. The number of methoxy groups -OCH3 is 1. The third kappa shape index (κ3) is 5.58. The first-order valence-corrected chi connectivity index (χ1v) is 7.38. The molecule has 0 spiro atoms. The summed E-state index contributed by atoms with van der Waals surface area (Å²) in [6.07, 6.45) is 3.01. The van der Waals surface area contributed by atoms with Gasteiger partial charge in [-0.05, 0) is 44.7 Å². The summed E-state index contributed by atoms with van der Waals surface area (Å²) in [7, 11) is 1.40. The number of benzene rings is 1. The summed E-state index contributed by atoms with van der Waals surface area (Å²) in [4.78, 5) is 23.1. The summed E-state index contributed by atoms with van der Waals surface area (Å²) < 4.78 is 4.58. The van der Waals surface area contributed by atoms with Gasteiger partial charge in [-0.3, -0.25) is 9.59 Å². The van der Waals surface area contributed by atoms with Gasteiger partial charge in [0.05, 0.1) is 7.11 Å². The molecule has 0 aliphatic heterocycles. The summed E-state index contributed by atoms with van der Waals surface area (Å²) >= 11 is 0. The van der Waals surface area contributed by atoms with Crippen LogP contribution in [0.2, 0.25) is 0 Å². The van der Waals surface area contributed by atoms with Gasteiger partial charge in [0.15, 0.2) is 0 Å². The molecule has 0 unspecified atom stereocenters. The smallest absolute Gasteiger partial charge is 0.305 e. The lowest BCUT2D eigenvalue weighted by atomic mass is 9.99. The largest absolute Gasteiger partial charge is 0.469 e. The molecule has 4 heteroatoms.